The minimum Gasteiger partial charge on any atom is -0.284 e. The van der Waals surface area contributed by atoms with Gasteiger partial charge in [0.05, 0.1) is 6.07 Å². The van der Waals surface area contributed by atoms with Gasteiger partial charge in [-0.25, -0.2) is 18.7 Å². The van der Waals surface area contributed by atoms with Crippen LogP contribution in [-0.4, -0.2) is 33.9 Å². The summed E-state index contributed by atoms with van der Waals surface area (Å²) in [5.41, 5.74) is 0.329. The van der Waals surface area contributed by atoms with E-state index in [1.807, 2.05) is 6.07 Å². The highest BCUT2D eigenvalue weighted by atomic mass is 19.3. The number of halogens is 4. The van der Waals surface area contributed by atoms with Crippen molar-refractivity contribution >= 4 is 0 Å². The number of piperidine rings is 1. The van der Waals surface area contributed by atoms with Crippen LogP contribution in [0.15, 0.2) is 12.4 Å². The topological polar surface area (TPSA) is 52.8 Å². The second-order valence-electron chi connectivity index (χ2n) is 5.15. The van der Waals surface area contributed by atoms with E-state index in [1.165, 1.54) is 0 Å². The van der Waals surface area contributed by atoms with Crippen LogP contribution in [0.4, 0.5) is 17.6 Å². The molecule has 0 aliphatic carbocycles. The van der Waals surface area contributed by atoms with Gasteiger partial charge in [-0.15, -0.1) is 0 Å². The van der Waals surface area contributed by atoms with E-state index in [1.54, 1.807) is 4.90 Å². The minimum absolute atomic E-state index is 0.0664. The van der Waals surface area contributed by atoms with E-state index < -0.39 is 23.7 Å². The Bertz CT molecular complexity index is 523. The molecule has 1 atom stereocenters. The third-order valence-corrected chi connectivity index (χ3v) is 3.40. The summed E-state index contributed by atoms with van der Waals surface area (Å²) in [7, 11) is 0. The van der Waals surface area contributed by atoms with Crippen molar-refractivity contribution in [2.45, 2.75) is 37.7 Å². The van der Waals surface area contributed by atoms with Crippen molar-refractivity contribution < 1.29 is 17.6 Å². The molecule has 114 valence electrons. The summed E-state index contributed by atoms with van der Waals surface area (Å²) < 4.78 is 52.3. The number of hydrogen-bond donors (Lipinski definition) is 0. The molecule has 0 saturated carbocycles. The van der Waals surface area contributed by atoms with Crippen molar-refractivity contribution in [3.63, 3.8) is 0 Å². The summed E-state index contributed by atoms with van der Waals surface area (Å²) in [6, 6.07) is 1.18. The molecule has 0 radical (unpaired) electrons. The van der Waals surface area contributed by atoms with Crippen molar-refractivity contribution in [3.8, 4) is 6.07 Å². The van der Waals surface area contributed by atoms with Crippen molar-refractivity contribution in [3.05, 3.63) is 23.8 Å². The lowest BCUT2D eigenvalue weighted by Crippen LogP contribution is -2.41. The van der Waals surface area contributed by atoms with Gasteiger partial charge in [0.2, 0.25) is 0 Å². The average Bonchev–Trinajstić information content (AvgIpc) is 2.41. The molecule has 1 aromatic rings. The largest absolute Gasteiger partial charge is 0.303 e. The third-order valence-electron chi connectivity index (χ3n) is 3.40. The Kier molecular flexibility index (Phi) is 4.14. The zero-order valence-corrected chi connectivity index (χ0v) is 11.4. The highest BCUT2D eigenvalue weighted by molar-refractivity contribution is 5.19. The van der Waals surface area contributed by atoms with E-state index in [2.05, 4.69) is 9.97 Å². The standard InChI is InChI=1S/C13H14F4N4/c1-12(14,15)11-19-7-9(8-20-11)10(6-18)21-4-2-13(16,17)3-5-21/h7-8,10H,2-5H2,1H3. The van der Waals surface area contributed by atoms with E-state index in [0.717, 1.165) is 12.4 Å². The maximum Gasteiger partial charge on any atom is 0.303 e. The van der Waals surface area contributed by atoms with Gasteiger partial charge in [0.15, 0.2) is 5.82 Å². The quantitative estimate of drug-likeness (QED) is 0.806. The van der Waals surface area contributed by atoms with Crippen LogP contribution in [0.1, 0.15) is 37.2 Å². The maximum absolute atomic E-state index is 13.1. The van der Waals surface area contributed by atoms with Gasteiger partial charge in [-0.3, -0.25) is 4.90 Å². The molecule has 2 rings (SSSR count). The Labute approximate surface area is 119 Å². The first-order chi connectivity index (χ1) is 9.73. The Hall–Kier alpha value is -1.75. The SMILES string of the molecule is CC(F)(F)c1ncc(C(C#N)N2CCC(F)(F)CC2)cn1. The lowest BCUT2D eigenvalue weighted by atomic mass is 10.0. The van der Waals surface area contributed by atoms with Crippen LogP contribution in [-0.2, 0) is 5.92 Å². The van der Waals surface area contributed by atoms with Gasteiger partial charge in [-0.2, -0.15) is 14.0 Å². The fraction of sp³-hybridized carbons (Fsp3) is 0.615. The lowest BCUT2D eigenvalue weighted by molar-refractivity contribution is -0.0595. The Morgan fingerprint density at radius 1 is 1.29 bits per heavy atom. The van der Waals surface area contributed by atoms with Crippen LogP contribution in [0.25, 0.3) is 0 Å². The van der Waals surface area contributed by atoms with Gasteiger partial charge in [-0.05, 0) is 0 Å². The molecule has 0 bridgehead atoms. The minimum atomic E-state index is -3.16. The summed E-state index contributed by atoms with van der Waals surface area (Å²) in [5.74, 6) is -6.50. The van der Waals surface area contributed by atoms with Gasteiger partial charge in [-0.1, -0.05) is 0 Å². The van der Waals surface area contributed by atoms with Gasteiger partial charge < -0.3 is 0 Å². The van der Waals surface area contributed by atoms with Crippen LogP contribution >= 0.6 is 0 Å². The predicted molar refractivity (Wildman–Crippen MR) is 65.7 cm³/mol. The number of rotatable bonds is 3. The number of hydrogen-bond acceptors (Lipinski definition) is 4. The molecule has 1 aliphatic rings. The molecule has 0 aromatic carbocycles. The van der Waals surface area contributed by atoms with Crippen LogP contribution in [0.5, 0.6) is 0 Å². The molecule has 1 aliphatic heterocycles. The van der Waals surface area contributed by atoms with Crippen molar-refractivity contribution in [1.29, 1.82) is 5.26 Å². The molecule has 2 heterocycles. The first kappa shape index (κ1) is 15.6. The summed E-state index contributed by atoms with van der Waals surface area (Å²) >= 11 is 0. The number of alkyl halides is 4. The molecule has 0 spiro atoms. The molecule has 1 saturated heterocycles. The second kappa shape index (κ2) is 5.56. The molecule has 1 fully saturated rings. The summed E-state index contributed by atoms with van der Waals surface area (Å²) in [6.07, 6.45) is 1.66. The predicted octanol–water partition coefficient (Wildman–Crippen LogP) is 2.88. The van der Waals surface area contributed by atoms with E-state index in [-0.39, 0.29) is 25.9 Å². The summed E-state index contributed by atoms with van der Waals surface area (Å²) in [6.45, 7) is 0.810. The maximum atomic E-state index is 13.1. The molecule has 8 heteroatoms. The van der Waals surface area contributed by atoms with Crippen molar-refractivity contribution in [1.82, 2.24) is 14.9 Å². The van der Waals surface area contributed by atoms with E-state index in [0.29, 0.717) is 12.5 Å². The zero-order chi connectivity index (χ0) is 15.7. The number of likely N-dealkylation sites (tertiary alicyclic amines) is 1. The molecular weight excluding hydrogens is 288 g/mol. The van der Waals surface area contributed by atoms with Gasteiger partial charge in [0.25, 0.3) is 5.92 Å². The molecule has 1 unspecified atom stereocenters. The number of nitriles is 1. The molecule has 4 nitrogen and oxygen atoms in total. The summed E-state index contributed by atoms with van der Waals surface area (Å²) in [4.78, 5) is 8.69. The van der Waals surface area contributed by atoms with Crippen LogP contribution in [0, 0.1) is 11.3 Å². The highest BCUT2D eigenvalue weighted by Gasteiger charge is 2.37. The lowest BCUT2D eigenvalue weighted by Gasteiger charge is -2.34. The molecule has 0 amide bonds. The van der Waals surface area contributed by atoms with Gasteiger partial charge >= 0.3 is 5.92 Å². The van der Waals surface area contributed by atoms with Crippen LogP contribution in [0.2, 0.25) is 0 Å². The molecule has 21 heavy (non-hydrogen) atoms. The van der Waals surface area contributed by atoms with Crippen molar-refractivity contribution in [2.75, 3.05) is 13.1 Å². The van der Waals surface area contributed by atoms with E-state index >= 15 is 0 Å². The highest BCUT2D eigenvalue weighted by Crippen LogP contribution is 2.32. The molecular formula is C13H14F4N4. The normalized spacial score (nSPS) is 20.8. The number of aromatic nitrogens is 2. The Morgan fingerprint density at radius 2 is 1.81 bits per heavy atom. The van der Waals surface area contributed by atoms with Gasteiger partial charge in [0.1, 0.15) is 6.04 Å². The second-order valence-corrected chi connectivity index (χ2v) is 5.15. The molecule has 0 N–H and O–H groups in total. The molecule has 1 aromatic heterocycles. The van der Waals surface area contributed by atoms with E-state index in [9.17, 15) is 22.8 Å². The average molecular weight is 302 g/mol. The first-order valence-electron chi connectivity index (χ1n) is 6.45. The van der Waals surface area contributed by atoms with Crippen molar-refractivity contribution in [2.24, 2.45) is 0 Å². The fourth-order valence-electron chi connectivity index (χ4n) is 2.18. The third kappa shape index (κ3) is 3.67. The Balaban J connectivity index is 2.14. The fourth-order valence-corrected chi connectivity index (χ4v) is 2.18. The van der Waals surface area contributed by atoms with Crippen LogP contribution < -0.4 is 0 Å². The van der Waals surface area contributed by atoms with Crippen LogP contribution in [0.3, 0.4) is 0 Å². The summed E-state index contributed by atoms with van der Waals surface area (Å²) in [5, 5.41) is 9.21. The van der Waals surface area contributed by atoms with Gasteiger partial charge in [0, 0.05) is 50.8 Å². The smallest absolute Gasteiger partial charge is 0.284 e. The first-order valence-corrected chi connectivity index (χ1v) is 6.45. The number of nitrogens with zero attached hydrogens (tertiary/aromatic N) is 4. The zero-order valence-electron chi connectivity index (χ0n) is 11.4. The Morgan fingerprint density at radius 3 is 2.24 bits per heavy atom. The monoisotopic (exact) mass is 302 g/mol. The van der Waals surface area contributed by atoms with E-state index in [4.69, 9.17) is 0 Å².